The molecular formula is C11H11N3O. The van der Waals surface area contributed by atoms with E-state index in [1.807, 2.05) is 31.2 Å². The highest BCUT2D eigenvalue weighted by Gasteiger charge is 2.01. The molecule has 0 atom stereocenters. The first kappa shape index (κ1) is 9.45. The minimum atomic E-state index is -0.237. The second-order valence-electron chi connectivity index (χ2n) is 3.39. The summed E-state index contributed by atoms with van der Waals surface area (Å²) in [5.41, 5.74) is 7.24. The number of aryl methyl sites for hydroxylation is 1. The van der Waals surface area contributed by atoms with Crippen molar-refractivity contribution in [3.8, 4) is 11.4 Å². The van der Waals surface area contributed by atoms with Crippen molar-refractivity contribution in [2.75, 3.05) is 5.73 Å². The molecule has 76 valence electrons. The lowest BCUT2D eigenvalue weighted by atomic mass is 10.1. The smallest absolute Gasteiger partial charge is 0.253 e. The Hall–Kier alpha value is -2.10. The van der Waals surface area contributed by atoms with Crippen molar-refractivity contribution in [3.05, 3.63) is 46.2 Å². The molecule has 4 heteroatoms. The predicted octanol–water partition coefficient (Wildman–Crippen LogP) is 1.33. The summed E-state index contributed by atoms with van der Waals surface area (Å²) in [5.74, 6) is 0.735. The van der Waals surface area contributed by atoms with Crippen molar-refractivity contribution in [1.29, 1.82) is 0 Å². The van der Waals surface area contributed by atoms with Gasteiger partial charge in [-0.15, -0.1) is 0 Å². The second-order valence-corrected chi connectivity index (χ2v) is 3.39. The van der Waals surface area contributed by atoms with Crippen molar-refractivity contribution in [1.82, 2.24) is 9.97 Å². The Balaban J connectivity index is 2.59. The van der Waals surface area contributed by atoms with Crippen LogP contribution in [0.25, 0.3) is 11.4 Å². The van der Waals surface area contributed by atoms with Gasteiger partial charge in [0.05, 0.1) is 0 Å². The topological polar surface area (TPSA) is 71.8 Å². The molecule has 0 saturated carbocycles. The van der Waals surface area contributed by atoms with Gasteiger partial charge in [0.25, 0.3) is 5.56 Å². The normalized spacial score (nSPS) is 10.2. The Bertz CT molecular complexity index is 546. The predicted molar refractivity (Wildman–Crippen MR) is 59.4 cm³/mol. The third-order valence-corrected chi connectivity index (χ3v) is 2.05. The summed E-state index contributed by atoms with van der Waals surface area (Å²) in [6, 6.07) is 8.98. The molecule has 0 saturated heterocycles. The molecule has 2 rings (SSSR count). The fourth-order valence-corrected chi connectivity index (χ4v) is 1.41. The Kier molecular flexibility index (Phi) is 2.25. The maximum Gasteiger partial charge on any atom is 0.253 e. The van der Waals surface area contributed by atoms with Crippen LogP contribution in [0.2, 0.25) is 0 Å². The first-order chi connectivity index (χ1) is 7.15. The Morgan fingerprint density at radius 2 is 2.13 bits per heavy atom. The number of nitrogens with one attached hydrogen (secondary N) is 1. The first-order valence-electron chi connectivity index (χ1n) is 4.59. The van der Waals surface area contributed by atoms with Crippen LogP contribution in [0.5, 0.6) is 0 Å². The SMILES string of the molecule is Cc1cccc(-c2nc(N)cc(=O)[nH]2)c1. The van der Waals surface area contributed by atoms with Gasteiger partial charge in [0, 0.05) is 11.6 Å². The van der Waals surface area contributed by atoms with Gasteiger partial charge >= 0.3 is 0 Å². The van der Waals surface area contributed by atoms with E-state index >= 15 is 0 Å². The molecule has 0 bridgehead atoms. The van der Waals surface area contributed by atoms with Gasteiger partial charge in [-0.1, -0.05) is 23.8 Å². The minimum absolute atomic E-state index is 0.232. The highest BCUT2D eigenvalue weighted by atomic mass is 16.1. The number of hydrogen-bond acceptors (Lipinski definition) is 3. The van der Waals surface area contributed by atoms with E-state index in [1.165, 1.54) is 6.07 Å². The first-order valence-corrected chi connectivity index (χ1v) is 4.59. The van der Waals surface area contributed by atoms with Gasteiger partial charge in [-0.25, -0.2) is 4.98 Å². The van der Waals surface area contributed by atoms with Crippen LogP contribution in [0.1, 0.15) is 5.56 Å². The maximum atomic E-state index is 11.2. The van der Waals surface area contributed by atoms with Crippen LogP contribution in [-0.2, 0) is 0 Å². The van der Waals surface area contributed by atoms with Crippen molar-refractivity contribution in [2.24, 2.45) is 0 Å². The van der Waals surface area contributed by atoms with Crippen LogP contribution in [0.15, 0.2) is 35.1 Å². The fourth-order valence-electron chi connectivity index (χ4n) is 1.41. The van der Waals surface area contributed by atoms with Gasteiger partial charge in [-0.05, 0) is 13.0 Å². The zero-order valence-corrected chi connectivity index (χ0v) is 8.32. The largest absolute Gasteiger partial charge is 0.383 e. The zero-order valence-electron chi connectivity index (χ0n) is 8.32. The van der Waals surface area contributed by atoms with E-state index < -0.39 is 0 Å². The molecule has 0 fully saturated rings. The number of benzene rings is 1. The number of nitrogens with two attached hydrogens (primary N) is 1. The monoisotopic (exact) mass is 201 g/mol. The molecule has 4 nitrogen and oxygen atoms in total. The quantitative estimate of drug-likeness (QED) is 0.731. The average Bonchev–Trinajstić information content (AvgIpc) is 2.16. The highest BCUT2D eigenvalue weighted by molar-refractivity contribution is 5.57. The number of nitrogens with zero attached hydrogens (tertiary/aromatic N) is 1. The van der Waals surface area contributed by atoms with Crippen LogP contribution in [-0.4, -0.2) is 9.97 Å². The molecule has 3 N–H and O–H groups in total. The third-order valence-electron chi connectivity index (χ3n) is 2.05. The second kappa shape index (κ2) is 3.57. The zero-order chi connectivity index (χ0) is 10.8. The maximum absolute atomic E-state index is 11.2. The van der Waals surface area contributed by atoms with E-state index in [-0.39, 0.29) is 11.4 Å². The molecular weight excluding hydrogens is 190 g/mol. The summed E-state index contributed by atoms with van der Waals surface area (Å²) in [5, 5.41) is 0. The molecule has 0 aliphatic carbocycles. The highest BCUT2D eigenvalue weighted by Crippen LogP contribution is 2.15. The molecule has 1 heterocycles. The molecule has 0 amide bonds. The molecule has 1 aromatic carbocycles. The number of hydrogen-bond donors (Lipinski definition) is 2. The van der Waals surface area contributed by atoms with Gasteiger partial charge in [-0.2, -0.15) is 0 Å². The number of anilines is 1. The standard InChI is InChI=1S/C11H11N3O/c1-7-3-2-4-8(5-7)11-13-9(12)6-10(15)14-11/h2-6H,1H3,(H3,12,13,14,15). The van der Waals surface area contributed by atoms with Crippen LogP contribution < -0.4 is 11.3 Å². The van der Waals surface area contributed by atoms with Gasteiger partial charge < -0.3 is 10.7 Å². The van der Waals surface area contributed by atoms with Crippen LogP contribution in [0, 0.1) is 6.92 Å². The Morgan fingerprint density at radius 1 is 1.33 bits per heavy atom. The lowest BCUT2D eigenvalue weighted by Crippen LogP contribution is -2.09. The molecule has 0 radical (unpaired) electrons. The number of H-pyrrole nitrogens is 1. The molecule has 0 aliphatic rings. The summed E-state index contributed by atoms with van der Waals surface area (Å²) in [6.45, 7) is 1.98. The van der Waals surface area contributed by atoms with Gasteiger partial charge in [0.15, 0.2) is 0 Å². The van der Waals surface area contributed by atoms with Crippen LogP contribution in [0.4, 0.5) is 5.82 Å². The van der Waals surface area contributed by atoms with E-state index in [0.29, 0.717) is 5.82 Å². The third kappa shape index (κ3) is 2.04. The molecule has 2 aromatic rings. The van der Waals surface area contributed by atoms with E-state index in [9.17, 15) is 4.79 Å². The fraction of sp³-hybridized carbons (Fsp3) is 0.0909. The lowest BCUT2D eigenvalue weighted by Gasteiger charge is -2.02. The summed E-state index contributed by atoms with van der Waals surface area (Å²) in [6.07, 6.45) is 0. The minimum Gasteiger partial charge on any atom is -0.383 e. The van der Waals surface area contributed by atoms with Crippen molar-refractivity contribution in [3.63, 3.8) is 0 Å². The lowest BCUT2D eigenvalue weighted by molar-refractivity contribution is 1.13. The average molecular weight is 201 g/mol. The van der Waals surface area contributed by atoms with Crippen LogP contribution >= 0.6 is 0 Å². The summed E-state index contributed by atoms with van der Waals surface area (Å²) >= 11 is 0. The number of aromatic nitrogens is 2. The van der Waals surface area contributed by atoms with E-state index in [4.69, 9.17) is 5.73 Å². The van der Waals surface area contributed by atoms with E-state index in [1.54, 1.807) is 0 Å². The number of aromatic amines is 1. The Morgan fingerprint density at radius 3 is 2.80 bits per heavy atom. The number of rotatable bonds is 1. The molecule has 1 aromatic heterocycles. The van der Waals surface area contributed by atoms with E-state index in [0.717, 1.165) is 11.1 Å². The van der Waals surface area contributed by atoms with Crippen molar-refractivity contribution < 1.29 is 0 Å². The van der Waals surface area contributed by atoms with Crippen LogP contribution in [0.3, 0.4) is 0 Å². The number of nitrogen functional groups attached to an aromatic ring is 1. The molecule has 0 aliphatic heterocycles. The molecule has 0 unspecified atom stereocenters. The molecule has 15 heavy (non-hydrogen) atoms. The molecule has 0 spiro atoms. The summed E-state index contributed by atoms with van der Waals surface area (Å²) in [7, 11) is 0. The van der Waals surface area contributed by atoms with Gasteiger partial charge in [0.2, 0.25) is 0 Å². The summed E-state index contributed by atoms with van der Waals surface area (Å²) in [4.78, 5) is 17.9. The van der Waals surface area contributed by atoms with Crippen molar-refractivity contribution >= 4 is 5.82 Å². The Labute approximate surface area is 86.8 Å². The van der Waals surface area contributed by atoms with E-state index in [2.05, 4.69) is 9.97 Å². The van der Waals surface area contributed by atoms with Crippen molar-refractivity contribution in [2.45, 2.75) is 6.92 Å². The summed E-state index contributed by atoms with van der Waals surface area (Å²) < 4.78 is 0. The van der Waals surface area contributed by atoms with Gasteiger partial charge in [-0.3, -0.25) is 4.79 Å². The van der Waals surface area contributed by atoms with Gasteiger partial charge in [0.1, 0.15) is 11.6 Å².